The van der Waals surface area contributed by atoms with Crippen LogP contribution in [0.1, 0.15) is 53.9 Å². The first-order chi connectivity index (χ1) is 20.8. The first kappa shape index (κ1) is 32.8. The molecule has 0 spiro atoms. The lowest BCUT2D eigenvalue weighted by atomic mass is 10.0. The number of halogens is 2. The zero-order valence-corrected chi connectivity index (χ0v) is 25.7. The largest absolute Gasteiger partial charge is 0.504 e. The molecule has 3 N–H and O–H groups in total. The predicted octanol–water partition coefficient (Wildman–Crippen LogP) is 5.50. The van der Waals surface area contributed by atoms with Crippen molar-refractivity contribution in [1.29, 1.82) is 0 Å². The second-order valence-corrected chi connectivity index (χ2v) is 12.0. The van der Waals surface area contributed by atoms with E-state index in [0.29, 0.717) is 16.0 Å². The molecule has 0 unspecified atom stereocenters. The molecule has 236 valence electrons. The fraction of sp³-hybridized carbons (Fsp3) is 0.400. The lowest BCUT2D eigenvalue weighted by molar-refractivity contribution is -0.145. The van der Waals surface area contributed by atoms with Gasteiger partial charge in [0, 0.05) is 48.5 Å². The summed E-state index contributed by atoms with van der Waals surface area (Å²) in [5.74, 6) is -5.70. The maximum Gasteiger partial charge on any atom is 0.306 e. The van der Waals surface area contributed by atoms with E-state index >= 15 is 4.39 Å². The molecule has 1 amide bonds. The molecule has 14 heteroatoms. The normalized spacial score (nSPS) is 13.8. The Labute approximate surface area is 260 Å². The van der Waals surface area contributed by atoms with Crippen LogP contribution in [-0.2, 0) is 27.5 Å². The number of methoxy groups -OCH3 is 1. The van der Waals surface area contributed by atoms with Gasteiger partial charge in [-0.15, -0.1) is 11.3 Å². The molecule has 2 aromatic carbocycles. The van der Waals surface area contributed by atoms with Gasteiger partial charge in [-0.3, -0.25) is 19.2 Å². The Balaban J connectivity index is 1.38. The number of phenols is 1. The van der Waals surface area contributed by atoms with Crippen molar-refractivity contribution in [2.45, 2.75) is 46.2 Å². The summed E-state index contributed by atoms with van der Waals surface area (Å²) in [6, 6.07) is 4.33. The summed E-state index contributed by atoms with van der Waals surface area (Å²) in [6.45, 7) is 3.36. The first-order valence-electron chi connectivity index (χ1n) is 13.7. The van der Waals surface area contributed by atoms with E-state index in [-0.39, 0.29) is 78.3 Å². The van der Waals surface area contributed by atoms with Crippen LogP contribution in [-0.4, -0.2) is 64.2 Å². The van der Waals surface area contributed by atoms with Crippen molar-refractivity contribution in [3.05, 3.63) is 45.0 Å². The number of carboxylic acid groups (broad SMARTS) is 2. The number of thiophene rings is 1. The standard InChI is InChI=1S/C30H31ClFNO10S/c1-14(29(37)38)7-19(34)23-10-17-22(44-23)11-20(35)27(26(17)32)42-5-4-6-43-28-21(41-3)9-16-12-33(13-18(16)25(28)31)24(36)8-15(2)30(39)40/h9-11,14-15,35H,4-8,12-13H2,1-3H3,(H,37,38)(H,39,40)/t14-,15-/m0/s1. The summed E-state index contributed by atoms with van der Waals surface area (Å²) in [6.07, 6.45) is -0.117. The number of benzene rings is 2. The molecule has 1 aliphatic heterocycles. The van der Waals surface area contributed by atoms with E-state index in [1.165, 1.54) is 38.0 Å². The lowest BCUT2D eigenvalue weighted by Gasteiger charge is -2.17. The summed E-state index contributed by atoms with van der Waals surface area (Å²) in [4.78, 5) is 49.0. The van der Waals surface area contributed by atoms with E-state index in [9.17, 15) is 24.3 Å². The van der Waals surface area contributed by atoms with E-state index in [1.54, 1.807) is 6.07 Å². The third-order valence-electron chi connectivity index (χ3n) is 7.23. The number of ketones is 1. The molecule has 0 saturated carbocycles. The van der Waals surface area contributed by atoms with Crippen molar-refractivity contribution < 1.29 is 53.1 Å². The zero-order chi connectivity index (χ0) is 32.3. The van der Waals surface area contributed by atoms with Gasteiger partial charge in [0.1, 0.15) is 0 Å². The van der Waals surface area contributed by atoms with Crippen LogP contribution in [0, 0.1) is 17.7 Å². The number of ether oxygens (including phenoxy) is 3. The molecule has 44 heavy (non-hydrogen) atoms. The van der Waals surface area contributed by atoms with E-state index in [0.717, 1.165) is 16.9 Å². The minimum absolute atomic E-state index is 0.0447. The number of carboxylic acids is 2. The summed E-state index contributed by atoms with van der Waals surface area (Å²) in [5.41, 5.74) is 1.43. The second kappa shape index (κ2) is 13.7. The van der Waals surface area contributed by atoms with Crippen molar-refractivity contribution in [1.82, 2.24) is 4.90 Å². The van der Waals surface area contributed by atoms with Gasteiger partial charge in [-0.25, -0.2) is 4.39 Å². The minimum atomic E-state index is -1.11. The van der Waals surface area contributed by atoms with Crippen molar-refractivity contribution in [3.63, 3.8) is 0 Å². The van der Waals surface area contributed by atoms with Gasteiger partial charge in [0.2, 0.25) is 5.91 Å². The zero-order valence-electron chi connectivity index (χ0n) is 24.1. The Morgan fingerprint density at radius 2 is 1.64 bits per heavy atom. The van der Waals surface area contributed by atoms with Crippen LogP contribution >= 0.6 is 22.9 Å². The smallest absolute Gasteiger partial charge is 0.306 e. The van der Waals surface area contributed by atoms with E-state index in [2.05, 4.69) is 0 Å². The number of fused-ring (bicyclic) bond motifs is 2. The SMILES string of the molecule is COc1cc2c(c(Cl)c1OCCCOc1c(O)cc3sc(C(=O)C[C@H](C)C(=O)O)cc3c1F)CN(C(=O)C[C@H](C)C(=O)O)C2. The number of carbonyl (C=O) groups excluding carboxylic acids is 2. The highest BCUT2D eigenvalue weighted by molar-refractivity contribution is 7.20. The number of amides is 1. The highest BCUT2D eigenvalue weighted by atomic mass is 35.5. The van der Waals surface area contributed by atoms with Crippen LogP contribution in [0.4, 0.5) is 4.39 Å². The Hall–Kier alpha value is -4.10. The molecule has 11 nitrogen and oxygen atoms in total. The number of aromatic hydroxyl groups is 1. The number of phenolic OH excluding ortho intramolecular Hbond substituents is 1. The molecule has 0 aliphatic carbocycles. The Kier molecular flexibility index (Phi) is 10.2. The van der Waals surface area contributed by atoms with Crippen LogP contribution < -0.4 is 14.2 Å². The number of aliphatic carboxylic acids is 2. The lowest BCUT2D eigenvalue weighted by Crippen LogP contribution is -2.28. The Bertz CT molecular complexity index is 1620. The second-order valence-electron chi connectivity index (χ2n) is 10.5. The molecule has 3 aromatic rings. The quantitative estimate of drug-likeness (QED) is 0.150. The van der Waals surface area contributed by atoms with Crippen molar-refractivity contribution in [2.75, 3.05) is 20.3 Å². The summed E-state index contributed by atoms with van der Waals surface area (Å²) in [7, 11) is 1.44. The molecule has 4 rings (SSSR count). The predicted molar refractivity (Wildman–Crippen MR) is 158 cm³/mol. The molecule has 0 radical (unpaired) electrons. The van der Waals surface area contributed by atoms with Crippen LogP contribution in [0.2, 0.25) is 5.02 Å². The Morgan fingerprint density at radius 1 is 1.00 bits per heavy atom. The fourth-order valence-corrected chi connectivity index (χ4v) is 6.03. The number of rotatable bonds is 14. The average Bonchev–Trinajstić information content (AvgIpc) is 3.60. The third kappa shape index (κ3) is 6.99. The van der Waals surface area contributed by atoms with E-state index in [4.69, 9.17) is 36.0 Å². The van der Waals surface area contributed by atoms with Gasteiger partial charge < -0.3 is 34.4 Å². The van der Waals surface area contributed by atoms with Gasteiger partial charge in [0.25, 0.3) is 0 Å². The highest BCUT2D eigenvalue weighted by Gasteiger charge is 2.31. The summed E-state index contributed by atoms with van der Waals surface area (Å²) < 4.78 is 32.4. The molecule has 2 heterocycles. The number of hydrogen-bond donors (Lipinski definition) is 3. The molecular weight excluding hydrogens is 621 g/mol. The van der Waals surface area contributed by atoms with Crippen molar-refractivity contribution in [2.24, 2.45) is 11.8 Å². The summed E-state index contributed by atoms with van der Waals surface area (Å²) in [5, 5.41) is 28.9. The minimum Gasteiger partial charge on any atom is -0.504 e. The molecule has 0 bridgehead atoms. The molecule has 1 aromatic heterocycles. The Morgan fingerprint density at radius 3 is 2.27 bits per heavy atom. The van der Waals surface area contributed by atoms with Gasteiger partial charge in [0.05, 0.1) is 42.1 Å². The van der Waals surface area contributed by atoms with Gasteiger partial charge in [0.15, 0.2) is 34.6 Å². The highest BCUT2D eigenvalue weighted by Crippen LogP contribution is 2.44. The van der Waals surface area contributed by atoms with E-state index < -0.39 is 41.1 Å². The van der Waals surface area contributed by atoms with Crippen LogP contribution in [0.3, 0.4) is 0 Å². The maximum atomic E-state index is 15.2. The molecular formula is C30H31ClFNO10S. The number of nitrogens with zero attached hydrogens (tertiary/aromatic N) is 1. The molecule has 2 atom stereocenters. The fourth-order valence-electron chi connectivity index (χ4n) is 4.66. The van der Waals surface area contributed by atoms with Crippen molar-refractivity contribution in [3.8, 4) is 23.0 Å². The number of hydrogen-bond acceptors (Lipinski definition) is 9. The number of carbonyl (C=O) groups is 4. The topological polar surface area (TPSA) is 160 Å². The van der Waals surface area contributed by atoms with Crippen LogP contribution in [0.5, 0.6) is 23.0 Å². The van der Waals surface area contributed by atoms with Crippen LogP contribution in [0.25, 0.3) is 10.1 Å². The average molecular weight is 652 g/mol. The van der Waals surface area contributed by atoms with Crippen LogP contribution in [0.15, 0.2) is 18.2 Å². The van der Waals surface area contributed by atoms with Gasteiger partial charge in [-0.05, 0) is 23.3 Å². The van der Waals surface area contributed by atoms with Gasteiger partial charge in [-0.2, -0.15) is 0 Å². The van der Waals surface area contributed by atoms with E-state index in [1.807, 2.05) is 0 Å². The molecule has 0 saturated heterocycles. The number of Topliss-reactive ketones (excluding diaryl/α,β-unsaturated/α-hetero) is 1. The van der Waals surface area contributed by atoms with Gasteiger partial charge in [-0.1, -0.05) is 25.4 Å². The third-order valence-corrected chi connectivity index (χ3v) is 8.76. The van der Waals surface area contributed by atoms with Crippen molar-refractivity contribution >= 4 is 56.7 Å². The molecule has 0 fully saturated rings. The summed E-state index contributed by atoms with van der Waals surface area (Å²) >= 11 is 7.59. The first-order valence-corrected chi connectivity index (χ1v) is 14.9. The molecule has 1 aliphatic rings. The van der Waals surface area contributed by atoms with Gasteiger partial charge >= 0.3 is 11.9 Å². The monoisotopic (exact) mass is 651 g/mol. The maximum absolute atomic E-state index is 15.2.